The standard InChI is InChI=1S/C24H22N2O2/c1-27-19-11-7-17(8-12-19)16-25-24-15-23(18-9-13-20(28-2)14-10-18)26-22-6-4-3-5-21(22)24/h3-15H,16H2,1-2H3,(H,25,26). The number of methoxy groups -OCH3 is 2. The number of hydrogen-bond acceptors (Lipinski definition) is 4. The van der Waals surface area contributed by atoms with Gasteiger partial charge in [0.05, 0.1) is 25.4 Å². The van der Waals surface area contributed by atoms with Gasteiger partial charge in [-0.3, -0.25) is 0 Å². The molecule has 28 heavy (non-hydrogen) atoms. The highest BCUT2D eigenvalue weighted by Gasteiger charge is 2.08. The summed E-state index contributed by atoms with van der Waals surface area (Å²) in [6.07, 6.45) is 0. The number of anilines is 1. The fourth-order valence-electron chi connectivity index (χ4n) is 3.17. The first kappa shape index (κ1) is 17.9. The van der Waals surface area contributed by atoms with Crippen molar-refractivity contribution in [2.24, 2.45) is 0 Å². The molecule has 3 aromatic carbocycles. The summed E-state index contributed by atoms with van der Waals surface area (Å²) in [6, 6.07) is 26.4. The first-order valence-electron chi connectivity index (χ1n) is 9.18. The third-order valence-electron chi connectivity index (χ3n) is 4.74. The number of para-hydroxylation sites is 1. The quantitative estimate of drug-likeness (QED) is 0.484. The topological polar surface area (TPSA) is 43.4 Å². The summed E-state index contributed by atoms with van der Waals surface area (Å²) in [5.41, 5.74) is 5.20. The molecule has 4 aromatic rings. The zero-order valence-corrected chi connectivity index (χ0v) is 16.0. The van der Waals surface area contributed by atoms with Crippen molar-refractivity contribution >= 4 is 16.6 Å². The smallest absolute Gasteiger partial charge is 0.118 e. The van der Waals surface area contributed by atoms with Crippen molar-refractivity contribution in [2.75, 3.05) is 19.5 Å². The van der Waals surface area contributed by atoms with E-state index in [9.17, 15) is 0 Å². The average molecular weight is 370 g/mol. The second-order valence-corrected chi connectivity index (χ2v) is 6.50. The van der Waals surface area contributed by atoms with Crippen LogP contribution >= 0.6 is 0 Å². The molecular formula is C24H22N2O2. The number of nitrogens with one attached hydrogen (secondary N) is 1. The lowest BCUT2D eigenvalue weighted by atomic mass is 10.1. The molecule has 0 aliphatic carbocycles. The van der Waals surface area contributed by atoms with E-state index in [0.29, 0.717) is 0 Å². The molecule has 0 saturated heterocycles. The van der Waals surface area contributed by atoms with Crippen LogP contribution in [0.5, 0.6) is 11.5 Å². The van der Waals surface area contributed by atoms with Gasteiger partial charge in [-0.2, -0.15) is 0 Å². The first-order chi connectivity index (χ1) is 13.8. The molecule has 4 rings (SSSR count). The largest absolute Gasteiger partial charge is 0.497 e. The van der Waals surface area contributed by atoms with Crippen molar-refractivity contribution < 1.29 is 9.47 Å². The van der Waals surface area contributed by atoms with E-state index in [-0.39, 0.29) is 0 Å². The molecule has 0 saturated carbocycles. The lowest BCUT2D eigenvalue weighted by Crippen LogP contribution is -2.01. The van der Waals surface area contributed by atoms with Crippen LogP contribution in [0.4, 0.5) is 5.69 Å². The van der Waals surface area contributed by atoms with Crippen molar-refractivity contribution in [1.29, 1.82) is 0 Å². The molecule has 0 aliphatic heterocycles. The summed E-state index contributed by atoms with van der Waals surface area (Å²) in [5, 5.41) is 4.67. The number of hydrogen-bond donors (Lipinski definition) is 1. The van der Waals surface area contributed by atoms with Crippen molar-refractivity contribution in [3.63, 3.8) is 0 Å². The molecule has 0 fully saturated rings. The molecule has 4 nitrogen and oxygen atoms in total. The van der Waals surface area contributed by atoms with E-state index in [4.69, 9.17) is 14.5 Å². The fraction of sp³-hybridized carbons (Fsp3) is 0.125. The predicted octanol–water partition coefficient (Wildman–Crippen LogP) is 5.53. The summed E-state index contributed by atoms with van der Waals surface area (Å²) in [4.78, 5) is 4.84. The number of nitrogens with zero attached hydrogens (tertiary/aromatic N) is 1. The molecule has 1 N–H and O–H groups in total. The van der Waals surface area contributed by atoms with E-state index in [0.717, 1.165) is 45.9 Å². The number of aromatic nitrogens is 1. The molecule has 0 spiro atoms. The minimum atomic E-state index is 0.722. The lowest BCUT2D eigenvalue weighted by Gasteiger charge is -2.13. The number of pyridine rings is 1. The molecule has 0 amide bonds. The SMILES string of the molecule is COc1ccc(CNc2cc(-c3ccc(OC)cc3)nc3ccccc23)cc1. The zero-order chi connectivity index (χ0) is 19.3. The van der Waals surface area contributed by atoms with Crippen LogP contribution in [0.3, 0.4) is 0 Å². The van der Waals surface area contributed by atoms with E-state index in [2.05, 4.69) is 29.6 Å². The molecule has 0 unspecified atom stereocenters. The van der Waals surface area contributed by atoms with E-state index in [1.807, 2.05) is 54.6 Å². The maximum absolute atomic E-state index is 5.26. The summed E-state index contributed by atoms with van der Waals surface area (Å²) in [7, 11) is 3.35. The molecule has 1 aromatic heterocycles. The predicted molar refractivity (Wildman–Crippen MR) is 114 cm³/mol. The van der Waals surface area contributed by atoms with Crippen LogP contribution < -0.4 is 14.8 Å². The minimum Gasteiger partial charge on any atom is -0.497 e. The molecule has 1 heterocycles. The van der Waals surface area contributed by atoms with Gasteiger partial charge in [-0.15, -0.1) is 0 Å². The van der Waals surface area contributed by atoms with Crippen LogP contribution in [0.25, 0.3) is 22.2 Å². The number of ether oxygens (including phenoxy) is 2. The van der Waals surface area contributed by atoms with Crippen molar-refractivity contribution in [2.45, 2.75) is 6.54 Å². The Hall–Kier alpha value is -3.53. The van der Waals surface area contributed by atoms with E-state index >= 15 is 0 Å². The van der Waals surface area contributed by atoms with Crippen LogP contribution in [-0.2, 0) is 6.54 Å². The number of fused-ring (bicyclic) bond motifs is 1. The third-order valence-corrected chi connectivity index (χ3v) is 4.74. The van der Waals surface area contributed by atoms with Crippen LogP contribution in [-0.4, -0.2) is 19.2 Å². The molecule has 140 valence electrons. The van der Waals surface area contributed by atoms with Crippen molar-refractivity contribution in [1.82, 2.24) is 4.98 Å². The Labute approximate surface area is 164 Å². The summed E-state index contributed by atoms with van der Waals surface area (Å²) < 4.78 is 10.5. The highest BCUT2D eigenvalue weighted by atomic mass is 16.5. The normalized spacial score (nSPS) is 10.6. The van der Waals surface area contributed by atoms with Crippen molar-refractivity contribution in [3.05, 3.63) is 84.4 Å². The van der Waals surface area contributed by atoms with Gasteiger partial charge in [-0.25, -0.2) is 4.98 Å². The second-order valence-electron chi connectivity index (χ2n) is 6.50. The number of benzene rings is 3. The van der Waals surface area contributed by atoms with Crippen LogP contribution in [0.1, 0.15) is 5.56 Å². The van der Waals surface area contributed by atoms with Gasteiger partial charge in [0.2, 0.25) is 0 Å². The molecule has 0 atom stereocenters. The number of rotatable bonds is 6. The molecule has 0 radical (unpaired) electrons. The monoisotopic (exact) mass is 370 g/mol. The second kappa shape index (κ2) is 8.01. The van der Waals surface area contributed by atoms with Gasteiger partial charge in [0, 0.05) is 23.2 Å². The molecule has 4 heteroatoms. The summed E-state index contributed by atoms with van der Waals surface area (Å²) >= 11 is 0. The Balaban J connectivity index is 1.67. The minimum absolute atomic E-state index is 0.722. The third kappa shape index (κ3) is 3.76. The van der Waals surface area contributed by atoms with E-state index < -0.39 is 0 Å². The van der Waals surface area contributed by atoms with Gasteiger partial charge in [0.15, 0.2) is 0 Å². The van der Waals surface area contributed by atoms with Gasteiger partial charge in [-0.05, 0) is 54.1 Å². The summed E-state index contributed by atoms with van der Waals surface area (Å²) in [6.45, 7) is 0.722. The zero-order valence-electron chi connectivity index (χ0n) is 16.0. The maximum atomic E-state index is 5.26. The van der Waals surface area contributed by atoms with E-state index in [1.54, 1.807) is 14.2 Å². The highest BCUT2D eigenvalue weighted by molar-refractivity contribution is 5.93. The molecular weight excluding hydrogens is 348 g/mol. The molecule has 0 aliphatic rings. The van der Waals surface area contributed by atoms with Gasteiger partial charge in [0.25, 0.3) is 0 Å². The summed E-state index contributed by atoms with van der Waals surface area (Å²) in [5.74, 6) is 1.70. The Kier molecular flexibility index (Phi) is 5.11. The van der Waals surface area contributed by atoms with Gasteiger partial charge >= 0.3 is 0 Å². The van der Waals surface area contributed by atoms with Crippen molar-refractivity contribution in [3.8, 4) is 22.8 Å². The van der Waals surface area contributed by atoms with Crippen LogP contribution in [0.15, 0.2) is 78.9 Å². The fourth-order valence-corrected chi connectivity index (χ4v) is 3.17. The Morgan fingerprint density at radius 1 is 0.786 bits per heavy atom. The van der Waals surface area contributed by atoms with E-state index in [1.165, 1.54) is 5.56 Å². The maximum Gasteiger partial charge on any atom is 0.118 e. The van der Waals surface area contributed by atoms with Gasteiger partial charge in [0.1, 0.15) is 11.5 Å². The Bertz CT molecular complexity index is 1070. The Morgan fingerprint density at radius 3 is 2.11 bits per heavy atom. The van der Waals surface area contributed by atoms with Crippen LogP contribution in [0, 0.1) is 0 Å². The average Bonchev–Trinajstić information content (AvgIpc) is 2.77. The van der Waals surface area contributed by atoms with Gasteiger partial charge < -0.3 is 14.8 Å². The molecule has 0 bridgehead atoms. The first-order valence-corrected chi connectivity index (χ1v) is 9.18. The lowest BCUT2D eigenvalue weighted by molar-refractivity contribution is 0.414. The Morgan fingerprint density at radius 2 is 1.43 bits per heavy atom. The highest BCUT2D eigenvalue weighted by Crippen LogP contribution is 2.29. The van der Waals surface area contributed by atoms with Gasteiger partial charge in [-0.1, -0.05) is 30.3 Å². The van der Waals surface area contributed by atoms with Crippen LogP contribution in [0.2, 0.25) is 0 Å².